The summed E-state index contributed by atoms with van der Waals surface area (Å²) in [6.45, 7) is 2.02. The summed E-state index contributed by atoms with van der Waals surface area (Å²) in [5.74, 6) is 3.92. The molecule has 0 N–H and O–H groups in total. The van der Waals surface area contributed by atoms with Gasteiger partial charge >= 0.3 is 55.6 Å². The summed E-state index contributed by atoms with van der Waals surface area (Å²) in [6, 6.07) is 0. The molecule has 42 valence electrons. The van der Waals surface area contributed by atoms with E-state index in [9.17, 15) is 0 Å². The summed E-state index contributed by atoms with van der Waals surface area (Å²) in [4.78, 5) is 3.95. The molecule has 0 saturated carbocycles. The minimum atomic E-state index is 1.15. The van der Waals surface area contributed by atoms with Crippen molar-refractivity contribution >= 4 is 20.8 Å². The van der Waals surface area contributed by atoms with Crippen molar-refractivity contribution in [2.45, 2.75) is 0 Å². The van der Waals surface area contributed by atoms with Crippen LogP contribution in [0.5, 0.6) is 0 Å². The van der Waals surface area contributed by atoms with Crippen LogP contribution in [0.2, 0.25) is 0 Å². The van der Waals surface area contributed by atoms with Gasteiger partial charge in [0, 0.05) is 0 Å². The van der Waals surface area contributed by atoms with Gasteiger partial charge in [-0.1, -0.05) is 0 Å². The summed E-state index contributed by atoms with van der Waals surface area (Å²) in [6.07, 6.45) is 5.62. The third kappa shape index (κ3) is 1.84. The van der Waals surface area contributed by atoms with Crippen LogP contribution in [-0.4, -0.2) is 19.7 Å². The van der Waals surface area contributed by atoms with Crippen LogP contribution < -0.4 is 0 Å². The van der Waals surface area contributed by atoms with E-state index >= 15 is 0 Å². The maximum absolute atomic E-state index is 3.95. The first-order chi connectivity index (χ1) is 4.43. The van der Waals surface area contributed by atoms with Crippen LogP contribution in [0.25, 0.3) is 6.08 Å². The first-order valence-corrected chi connectivity index (χ1v) is 2.96. The standard InChI is InChI=1S/C6H7B2N/c7-2-1-6-5-9-4-3-8-6/h1-5H,7H2. The molecule has 0 spiro atoms. The molecule has 0 saturated heterocycles. The van der Waals surface area contributed by atoms with Crippen LogP contribution >= 0.6 is 0 Å². The van der Waals surface area contributed by atoms with E-state index in [0.29, 0.717) is 0 Å². The molecule has 1 aromatic heterocycles. The van der Waals surface area contributed by atoms with Crippen LogP contribution in [0.15, 0.2) is 24.3 Å². The molecular weight excluding hydrogens is 108 g/mol. The summed E-state index contributed by atoms with van der Waals surface area (Å²) < 4.78 is 0. The third-order valence-electron chi connectivity index (χ3n) is 1.04. The number of aromatic nitrogens is 1. The van der Waals surface area contributed by atoms with E-state index in [-0.39, 0.29) is 0 Å². The second-order valence-electron chi connectivity index (χ2n) is 1.79. The van der Waals surface area contributed by atoms with Gasteiger partial charge < -0.3 is 0 Å². The van der Waals surface area contributed by atoms with Crippen LogP contribution in [0, 0.1) is 0 Å². The molecule has 0 amide bonds. The van der Waals surface area contributed by atoms with Gasteiger partial charge in [0.05, 0.1) is 0 Å². The zero-order valence-electron chi connectivity index (χ0n) is 5.41. The zero-order chi connectivity index (χ0) is 6.53. The Balaban J connectivity index is 2.85. The first kappa shape index (κ1) is 6.27. The van der Waals surface area contributed by atoms with Crippen molar-refractivity contribution in [1.29, 1.82) is 0 Å². The molecule has 0 atom stereocenters. The average Bonchev–Trinajstić information content (AvgIpc) is 1.91. The van der Waals surface area contributed by atoms with Gasteiger partial charge in [0.2, 0.25) is 0 Å². The van der Waals surface area contributed by atoms with Crippen molar-refractivity contribution in [3.05, 3.63) is 29.8 Å². The fraction of sp³-hybridized carbons (Fsp3) is 0. The van der Waals surface area contributed by atoms with E-state index in [1.165, 1.54) is 0 Å². The van der Waals surface area contributed by atoms with Crippen molar-refractivity contribution in [1.82, 2.24) is 4.98 Å². The second-order valence-corrected chi connectivity index (χ2v) is 1.79. The van der Waals surface area contributed by atoms with Gasteiger partial charge in [-0.05, 0) is 0 Å². The molecule has 0 bridgehead atoms. The molecule has 0 aliphatic rings. The van der Waals surface area contributed by atoms with Crippen LogP contribution in [-0.2, 0) is 0 Å². The summed E-state index contributed by atoms with van der Waals surface area (Å²) in [5, 5.41) is 0. The van der Waals surface area contributed by atoms with E-state index in [2.05, 4.69) is 4.98 Å². The molecule has 1 rings (SSSR count). The van der Waals surface area contributed by atoms with E-state index in [1.807, 2.05) is 39.0 Å². The summed E-state index contributed by atoms with van der Waals surface area (Å²) in [5.41, 5.74) is 1.15. The Hall–Kier alpha value is -0.850. The van der Waals surface area contributed by atoms with Crippen molar-refractivity contribution in [3.8, 4) is 0 Å². The third-order valence-corrected chi connectivity index (χ3v) is 1.04. The number of hydrogen-bond donors (Lipinski definition) is 0. The quantitative estimate of drug-likeness (QED) is 0.470. The molecule has 1 aromatic rings. The fourth-order valence-corrected chi connectivity index (χ4v) is 0.667. The number of nitrogens with zero attached hydrogens (tertiary/aromatic N) is 1. The summed E-state index contributed by atoms with van der Waals surface area (Å²) in [7, 11) is 1.99. The predicted octanol–water partition coefficient (Wildman–Crippen LogP) is 0.0235. The molecule has 0 aromatic carbocycles. The van der Waals surface area contributed by atoms with Gasteiger partial charge in [-0.25, -0.2) is 0 Å². The van der Waals surface area contributed by atoms with E-state index in [1.54, 1.807) is 6.20 Å². The van der Waals surface area contributed by atoms with Gasteiger partial charge in [0.15, 0.2) is 0 Å². The first-order valence-electron chi connectivity index (χ1n) is 2.96. The molecule has 0 unspecified atom stereocenters. The Labute approximate surface area is 56.4 Å². The Morgan fingerprint density at radius 3 is 3.11 bits per heavy atom. The maximum atomic E-state index is 3.95. The minimum absolute atomic E-state index is 1.15. The molecule has 0 aliphatic carbocycles. The van der Waals surface area contributed by atoms with Gasteiger partial charge in [-0.3, -0.25) is 0 Å². The molecule has 9 heavy (non-hydrogen) atoms. The molecule has 1 nitrogen and oxygen atoms in total. The van der Waals surface area contributed by atoms with Gasteiger partial charge in [-0.15, -0.1) is 0 Å². The van der Waals surface area contributed by atoms with Gasteiger partial charge in [0.1, 0.15) is 0 Å². The molecule has 0 aliphatic heterocycles. The van der Waals surface area contributed by atoms with Crippen molar-refractivity contribution in [3.63, 3.8) is 0 Å². The van der Waals surface area contributed by atoms with Crippen molar-refractivity contribution < 1.29 is 0 Å². The van der Waals surface area contributed by atoms with Gasteiger partial charge in [0.25, 0.3) is 0 Å². The Morgan fingerprint density at radius 2 is 2.56 bits per heavy atom. The monoisotopic (exact) mass is 115 g/mol. The molecule has 0 radical (unpaired) electrons. The van der Waals surface area contributed by atoms with E-state index in [0.717, 1.165) is 5.46 Å². The zero-order valence-corrected chi connectivity index (χ0v) is 5.41. The Morgan fingerprint density at radius 1 is 1.67 bits per heavy atom. The number of rotatable bonds is 1. The van der Waals surface area contributed by atoms with Gasteiger partial charge in [-0.2, -0.15) is 0 Å². The van der Waals surface area contributed by atoms with E-state index < -0.39 is 0 Å². The molecule has 3 heteroatoms. The second kappa shape index (κ2) is 3.23. The molecule has 0 fully saturated rings. The predicted molar refractivity (Wildman–Crippen MR) is 43.2 cm³/mol. The molecule has 1 heterocycles. The van der Waals surface area contributed by atoms with Crippen LogP contribution in [0.4, 0.5) is 0 Å². The normalized spacial score (nSPS) is 9.78. The van der Waals surface area contributed by atoms with Crippen LogP contribution in [0.1, 0.15) is 5.46 Å². The topological polar surface area (TPSA) is 12.9 Å². The van der Waals surface area contributed by atoms with Crippen molar-refractivity contribution in [2.75, 3.05) is 0 Å². The Bertz CT molecular complexity index is 195. The fourth-order valence-electron chi connectivity index (χ4n) is 0.667. The summed E-state index contributed by atoms with van der Waals surface area (Å²) >= 11 is 0. The number of hydrogen-bond acceptors (Lipinski definition) is 1. The average molecular weight is 115 g/mol. The Kier molecular flexibility index (Phi) is 2.25. The van der Waals surface area contributed by atoms with Crippen molar-refractivity contribution in [2.24, 2.45) is 0 Å². The molecular formula is C6H7B2N. The van der Waals surface area contributed by atoms with Crippen LogP contribution in [0.3, 0.4) is 0 Å². The SMILES string of the molecule is BC=Cc1bccnc1. The van der Waals surface area contributed by atoms with E-state index in [4.69, 9.17) is 0 Å².